The molecule has 156 valence electrons. The Hall–Kier alpha value is -2.33. The van der Waals surface area contributed by atoms with Crippen LogP contribution >= 0.6 is 55.4 Å². The van der Waals surface area contributed by atoms with Crippen LogP contribution in [0.25, 0.3) is 20.8 Å². The molecule has 0 atom stereocenters. The first-order valence-corrected chi connectivity index (χ1v) is 11.9. The molecule has 0 unspecified atom stereocenters. The highest BCUT2D eigenvalue weighted by Gasteiger charge is 2.16. The SMILES string of the molecule is COc1ccc(Br)cc1C(=O)NC(=S)Nc1ccc(Br)cc1-c1nc2ccccc2s1. The number of amides is 1. The number of nitrogens with one attached hydrogen (secondary N) is 2. The highest BCUT2D eigenvalue weighted by atomic mass is 79.9. The van der Waals surface area contributed by atoms with Gasteiger partial charge in [-0.25, -0.2) is 4.98 Å². The van der Waals surface area contributed by atoms with Crippen molar-refractivity contribution < 1.29 is 9.53 Å². The number of carbonyl (C=O) groups is 1. The zero-order valence-corrected chi connectivity index (χ0v) is 20.9. The molecule has 1 heterocycles. The second kappa shape index (κ2) is 9.44. The lowest BCUT2D eigenvalue weighted by Gasteiger charge is -2.14. The van der Waals surface area contributed by atoms with Crippen molar-refractivity contribution in [3.63, 3.8) is 0 Å². The molecular formula is C22H15Br2N3O2S2. The fourth-order valence-corrected chi connectivity index (χ4v) is 4.89. The summed E-state index contributed by atoms with van der Waals surface area (Å²) in [5.74, 6) is 0.0941. The number of ether oxygens (including phenoxy) is 1. The van der Waals surface area contributed by atoms with E-state index in [0.29, 0.717) is 11.3 Å². The van der Waals surface area contributed by atoms with Crippen LogP contribution < -0.4 is 15.4 Å². The molecular weight excluding hydrogens is 562 g/mol. The Kier molecular flexibility index (Phi) is 6.66. The van der Waals surface area contributed by atoms with Crippen LogP contribution in [0.5, 0.6) is 5.75 Å². The molecule has 0 aliphatic rings. The molecule has 5 nitrogen and oxygen atoms in total. The van der Waals surface area contributed by atoms with E-state index in [1.54, 1.807) is 29.5 Å². The molecule has 0 aliphatic carbocycles. The monoisotopic (exact) mass is 575 g/mol. The van der Waals surface area contributed by atoms with Crippen molar-refractivity contribution >= 4 is 82.3 Å². The van der Waals surface area contributed by atoms with Crippen molar-refractivity contribution in [3.05, 3.63) is 75.2 Å². The van der Waals surface area contributed by atoms with Crippen LogP contribution in [0.15, 0.2) is 69.6 Å². The maximum absolute atomic E-state index is 12.7. The summed E-state index contributed by atoms with van der Waals surface area (Å²) < 4.78 is 8.07. The summed E-state index contributed by atoms with van der Waals surface area (Å²) in [6, 6.07) is 19.0. The Balaban J connectivity index is 1.59. The third-order valence-corrected chi connectivity index (χ3v) is 6.65. The summed E-state index contributed by atoms with van der Waals surface area (Å²) in [6.07, 6.45) is 0. The van der Waals surface area contributed by atoms with Crippen LogP contribution in [-0.2, 0) is 0 Å². The number of hydrogen-bond donors (Lipinski definition) is 2. The Labute approximate surface area is 205 Å². The van der Waals surface area contributed by atoms with Crippen LogP contribution in [-0.4, -0.2) is 23.1 Å². The Morgan fingerprint density at radius 1 is 1.06 bits per heavy atom. The van der Waals surface area contributed by atoms with E-state index in [-0.39, 0.29) is 11.0 Å². The fraction of sp³-hybridized carbons (Fsp3) is 0.0455. The molecule has 0 spiro atoms. The first-order valence-electron chi connectivity index (χ1n) is 9.06. The number of thiazole rings is 1. The van der Waals surface area contributed by atoms with Gasteiger partial charge in [-0.15, -0.1) is 11.3 Å². The van der Waals surface area contributed by atoms with Crippen molar-refractivity contribution in [2.45, 2.75) is 0 Å². The highest BCUT2D eigenvalue weighted by molar-refractivity contribution is 9.10. The molecule has 3 aromatic carbocycles. The van der Waals surface area contributed by atoms with Crippen LogP contribution in [0.4, 0.5) is 5.69 Å². The summed E-state index contributed by atoms with van der Waals surface area (Å²) in [5.41, 5.74) is 2.94. The number of carbonyl (C=O) groups excluding carboxylic acids is 1. The molecule has 0 fully saturated rings. The second-order valence-corrected chi connectivity index (χ2v) is 9.70. The van der Waals surface area contributed by atoms with Crippen molar-refractivity contribution in [2.24, 2.45) is 0 Å². The predicted octanol–water partition coefficient (Wildman–Crippen LogP) is 6.62. The van der Waals surface area contributed by atoms with E-state index in [1.807, 2.05) is 42.5 Å². The summed E-state index contributed by atoms with van der Waals surface area (Å²) in [6.45, 7) is 0. The first kappa shape index (κ1) is 21.9. The maximum atomic E-state index is 12.7. The van der Waals surface area contributed by atoms with Gasteiger partial charge in [-0.2, -0.15) is 0 Å². The molecule has 9 heteroatoms. The predicted molar refractivity (Wildman–Crippen MR) is 137 cm³/mol. The molecule has 0 aliphatic heterocycles. The van der Waals surface area contributed by atoms with E-state index in [9.17, 15) is 4.79 Å². The lowest BCUT2D eigenvalue weighted by atomic mass is 10.2. The third-order valence-electron chi connectivity index (χ3n) is 4.39. The number of halogens is 2. The molecule has 0 saturated carbocycles. The molecule has 0 saturated heterocycles. The molecule has 4 rings (SSSR count). The van der Waals surface area contributed by atoms with Gasteiger partial charge in [0.25, 0.3) is 5.91 Å². The topological polar surface area (TPSA) is 63.2 Å². The van der Waals surface area contributed by atoms with E-state index in [1.165, 1.54) is 7.11 Å². The normalized spacial score (nSPS) is 10.7. The van der Waals surface area contributed by atoms with E-state index in [0.717, 1.165) is 35.4 Å². The largest absolute Gasteiger partial charge is 0.496 e. The van der Waals surface area contributed by atoms with Gasteiger partial charge in [0.05, 0.1) is 28.6 Å². The zero-order valence-electron chi connectivity index (χ0n) is 16.1. The number of thiocarbonyl (C=S) groups is 1. The van der Waals surface area contributed by atoms with Gasteiger partial charge in [0.15, 0.2) is 5.11 Å². The van der Waals surface area contributed by atoms with Gasteiger partial charge in [-0.1, -0.05) is 44.0 Å². The van der Waals surface area contributed by atoms with Crippen LogP contribution in [0.3, 0.4) is 0 Å². The number of para-hydroxylation sites is 1. The standard InChI is InChI=1S/C22H15Br2N3O2S2/c1-29-18-9-7-13(24)11-15(18)20(28)27-22(30)26-16-8-6-12(23)10-14(16)21-25-17-4-2-3-5-19(17)31-21/h2-11H,1H3,(H2,26,27,28,30). The Morgan fingerprint density at radius 2 is 1.81 bits per heavy atom. The first-order chi connectivity index (χ1) is 14.9. The van der Waals surface area contributed by atoms with Crippen molar-refractivity contribution in [1.29, 1.82) is 0 Å². The number of benzene rings is 3. The van der Waals surface area contributed by atoms with Crippen LogP contribution in [0.2, 0.25) is 0 Å². The number of methoxy groups -OCH3 is 1. The van der Waals surface area contributed by atoms with Crippen molar-refractivity contribution in [3.8, 4) is 16.3 Å². The van der Waals surface area contributed by atoms with E-state index in [4.69, 9.17) is 21.9 Å². The van der Waals surface area contributed by atoms with Crippen LogP contribution in [0, 0.1) is 0 Å². The average Bonchev–Trinajstić information content (AvgIpc) is 3.19. The highest BCUT2D eigenvalue weighted by Crippen LogP contribution is 2.36. The van der Waals surface area contributed by atoms with E-state index >= 15 is 0 Å². The molecule has 1 aromatic heterocycles. The van der Waals surface area contributed by atoms with Gasteiger partial charge in [0.2, 0.25) is 0 Å². The summed E-state index contributed by atoms with van der Waals surface area (Å²) in [5, 5.41) is 6.88. The zero-order chi connectivity index (χ0) is 22.0. The summed E-state index contributed by atoms with van der Waals surface area (Å²) in [7, 11) is 1.52. The van der Waals surface area contributed by atoms with Gasteiger partial charge in [-0.3, -0.25) is 10.1 Å². The molecule has 2 N–H and O–H groups in total. The smallest absolute Gasteiger partial charge is 0.261 e. The summed E-state index contributed by atoms with van der Waals surface area (Å²) >= 11 is 13.9. The number of nitrogens with zero attached hydrogens (tertiary/aromatic N) is 1. The lowest BCUT2D eigenvalue weighted by molar-refractivity contribution is 0.0974. The average molecular weight is 577 g/mol. The van der Waals surface area contributed by atoms with Crippen molar-refractivity contribution in [1.82, 2.24) is 10.3 Å². The van der Waals surface area contributed by atoms with E-state index < -0.39 is 0 Å². The van der Waals surface area contributed by atoms with Gasteiger partial charge in [0, 0.05) is 14.5 Å². The quantitative estimate of drug-likeness (QED) is 0.267. The number of hydrogen-bond acceptors (Lipinski definition) is 5. The molecule has 31 heavy (non-hydrogen) atoms. The minimum atomic E-state index is -0.366. The van der Waals surface area contributed by atoms with Crippen molar-refractivity contribution in [2.75, 3.05) is 12.4 Å². The maximum Gasteiger partial charge on any atom is 0.261 e. The van der Waals surface area contributed by atoms with Gasteiger partial charge < -0.3 is 10.1 Å². The number of fused-ring (bicyclic) bond motifs is 1. The minimum Gasteiger partial charge on any atom is -0.496 e. The second-order valence-electron chi connectivity index (χ2n) is 6.43. The Morgan fingerprint density at radius 3 is 2.58 bits per heavy atom. The molecule has 0 bridgehead atoms. The number of aromatic nitrogens is 1. The fourth-order valence-electron chi connectivity index (χ4n) is 2.97. The molecule has 0 radical (unpaired) electrons. The third kappa shape index (κ3) is 4.95. The summed E-state index contributed by atoms with van der Waals surface area (Å²) in [4.78, 5) is 17.5. The lowest BCUT2D eigenvalue weighted by Crippen LogP contribution is -2.34. The van der Waals surface area contributed by atoms with Gasteiger partial charge in [0.1, 0.15) is 10.8 Å². The molecule has 1 amide bonds. The van der Waals surface area contributed by atoms with Gasteiger partial charge in [-0.05, 0) is 60.7 Å². The minimum absolute atomic E-state index is 0.178. The molecule has 4 aromatic rings. The number of rotatable bonds is 4. The van der Waals surface area contributed by atoms with Crippen LogP contribution in [0.1, 0.15) is 10.4 Å². The Bertz CT molecular complexity index is 1270. The van der Waals surface area contributed by atoms with E-state index in [2.05, 4.69) is 42.5 Å². The van der Waals surface area contributed by atoms with Gasteiger partial charge >= 0.3 is 0 Å². The number of anilines is 1.